The first-order valence-corrected chi connectivity index (χ1v) is 7.70. The van der Waals surface area contributed by atoms with Crippen molar-refractivity contribution in [1.29, 1.82) is 0 Å². The van der Waals surface area contributed by atoms with Crippen LogP contribution in [0, 0.1) is 5.92 Å². The number of benzene rings is 1. The SMILES string of the molecule is CC(C)c1cccc(OCCC2CCCC2(O)CN)c1. The van der Waals surface area contributed by atoms with Crippen LogP contribution in [-0.2, 0) is 0 Å². The molecule has 0 bridgehead atoms. The quantitative estimate of drug-likeness (QED) is 0.840. The molecule has 1 aliphatic carbocycles. The summed E-state index contributed by atoms with van der Waals surface area (Å²) in [5, 5.41) is 10.4. The van der Waals surface area contributed by atoms with Crippen molar-refractivity contribution in [1.82, 2.24) is 0 Å². The van der Waals surface area contributed by atoms with Gasteiger partial charge in [-0.15, -0.1) is 0 Å². The summed E-state index contributed by atoms with van der Waals surface area (Å²) in [5.74, 6) is 1.71. The van der Waals surface area contributed by atoms with Crippen LogP contribution < -0.4 is 10.5 Å². The Balaban J connectivity index is 1.85. The Bertz CT molecular complexity index is 433. The molecule has 0 saturated heterocycles. The van der Waals surface area contributed by atoms with E-state index >= 15 is 0 Å². The van der Waals surface area contributed by atoms with Gasteiger partial charge in [-0.2, -0.15) is 0 Å². The van der Waals surface area contributed by atoms with Crippen LogP contribution in [-0.4, -0.2) is 23.9 Å². The summed E-state index contributed by atoms with van der Waals surface area (Å²) in [6, 6.07) is 8.27. The van der Waals surface area contributed by atoms with E-state index in [4.69, 9.17) is 10.5 Å². The molecule has 1 aliphatic rings. The molecule has 0 heterocycles. The fourth-order valence-electron chi connectivity index (χ4n) is 3.09. The minimum Gasteiger partial charge on any atom is -0.494 e. The maximum Gasteiger partial charge on any atom is 0.119 e. The molecular formula is C17H27NO2. The lowest BCUT2D eigenvalue weighted by Crippen LogP contribution is -2.41. The predicted molar refractivity (Wildman–Crippen MR) is 82.0 cm³/mol. The van der Waals surface area contributed by atoms with Gasteiger partial charge >= 0.3 is 0 Å². The highest BCUT2D eigenvalue weighted by atomic mass is 16.5. The van der Waals surface area contributed by atoms with Gasteiger partial charge in [0.25, 0.3) is 0 Å². The zero-order valence-electron chi connectivity index (χ0n) is 12.6. The van der Waals surface area contributed by atoms with E-state index in [0.29, 0.717) is 19.1 Å². The number of hydrogen-bond donors (Lipinski definition) is 2. The minimum atomic E-state index is -0.664. The summed E-state index contributed by atoms with van der Waals surface area (Å²) in [6.45, 7) is 5.37. The van der Waals surface area contributed by atoms with E-state index in [1.165, 1.54) is 5.56 Å². The molecule has 3 heteroatoms. The topological polar surface area (TPSA) is 55.5 Å². The van der Waals surface area contributed by atoms with Crippen LogP contribution in [0.2, 0.25) is 0 Å². The number of rotatable bonds is 6. The maximum absolute atomic E-state index is 10.4. The number of ether oxygens (including phenoxy) is 1. The molecule has 112 valence electrons. The van der Waals surface area contributed by atoms with Crippen LogP contribution in [0.4, 0.5) is 0 Å². The van der Waals surface area contributed by atoms with Crippen molar-refractivity contribution in [3.8, 4) is 5.75 Å². The molecule has 1 fully saturated rings. The largest absolute Gasteiger partial charge is 0.494 e. The fourth-order valence-corrected chi connectivity index (χ4v) is 3.09. The Morgan fingerprint density at radius 1 is 1.45 bits per heavy atom. The van der Waals surface area contributed by atoms with Gasteiger partial charge in [-0.25, -0.2) is 0 Å². The molecule has 2 rings (SSSR count). The van der Waals surface area contributed by atoms with E-state index in [9.17, 15) is 5.11 Å². The van der Waals surface area contributed by atoms with Gasteiger partial charge in [0, 0.05) is 6.54 Å². The molecule has 1 aromatic carbocycles. The summed E-state index contributed by atoms with van der Waals surface area (Å²) in [4.78, 5) is 0. The summed E-state index contributed by atoms with van der Waals surface area (Å²) >= 11 is 0. The van der Waals surface area contributed by atoms with Gasteiger partial charge in [-0.3, -0.25) is 0 Å². The summed E-state index contributed by atoms with van der Waals surface area (Å²) < 4.78 is 5.84. The third-order valence-electron chi connectivity index (χ3n) is 4.54. The van der Waals surface area contributed by atoms with Crippen molar-refractivity contribution in [3.05, 3.63) is 29.8 Å². The van der Waals surface area contributed by atoms with Crippen molar-refractivity contribution in [3.63, 3.8) is 0 Å². The smallest absolute Gasteiger partial charge is 0.119 e. The fraction of sp³-hybridized carbons (Fsp3) is 0.647. The Kier molecular flexibility index (Phi) is 5.06. The van der Waals surface area contributed by atoms with Crippen LogP contribution in [0.3, 0.4) is 0 Å². The van der Waals surface area contributed by atoms with E-state index in [1.54, 1.807) is 0 Å². The second kappa shape index (κ2) is 6.59. The zero-order valence-corrected chi connectivity index (χ0v) is 12.6. The molecule has 3 N–H and O–H groups in total. The highest BCUT2D eigenvalue weighted by molar-refractivity contribution is 5.30. The average Bonchev–Trinajstić information content (AvgIpc) is 2.81. The van der Waals surface area contributed by atoms with Crippen molar-refractivity contribution in [2.24, 2.45) is 11.7 Å². The van der Waals surface area contributed by atoms with Gasteiger partial charge in [0.1, 0.15) is 5.75 Å². The minimum absolute atomic E-state index is 0.279. The van der Waals surface area contributed by atoms with Crippen molar-refractivity contribution in [2.45, 2.75) is 51.0 Å². The predicted octanol–water partition coefficient (Wildman–Crippen LogP) is 3.07. The lowest BCUT2D eigenvalue weighted by molar-refractivity contribution is 0.00354. The monoisotopic (exact) mass is 277 g/mol. The highest BCUT2D eigenvalue weighted by Crippen LogP contribution is 2.37. The van der Waals surface area contributed by atoms with Crippen LogP contribution >= 0.6 is 0 Å². The first-order chi connectivity index (χ1) is 9.55. The molecular weight excluding hydrogens is 250 g/mol. The molecule has 0 radical (unpaired) electrons. The van der Waals surface area contributed by atoms with E-state index in [-0.39, 0.29) is 5.92 Å². The van der Waals surface area contributed by atoms with Gasteiger partial charge < -0.3 is 15.6 Å². The molecule has 1 saturated carbocycles. The van der Waals surface area contributed by atoms with Crippen LogP contribution in [0.1, 0.15) is 51.0 Å². The first kappa shape index (κ1) is 15.3. The van der Waals surface area contributed by atoms with Crippen molar-refractivity contribution >= 4 is 0 Å². The molecule has 1 aromatic rings. The van der Waals surface area contributed by atoms with E-state index in [0.717, 1.165) is 31.4 Å². The average molecular weight is 277 g/mol. The molecule has 0 spiro atoms. The molecule has 3 nitrogen and oxygen atoms in total. The number of nitrogens with two attached hydrogens (primary N) is 1. The van der Waals surface area contributed by atoms with Crippen LogP contribution in [0.15, 0.2) is 24.3 Å². The first-order valence-electron chi connectivity index (χ1n) is 7.70. The van der Waals surface area contributed by atoms with E-state index < -0.39 is 5.60 Å². The van der Waals surface area contributed by atoms with Crippen LogP contribution in [0.25, 0.3) is 0 Å². The van der Waals surface area contributed by atoms with Gasteiger partial charge in [-0.1, -0.05) is 32.4 Å². The third kappa shape index (κ3) is 3.53. The van der Waals surface area contributed by atoms with Gasteiger partial charge in [0.15, 0.2) is 0 Å². The maximum atomic E-state index is 10.4. The molecule has 0 aromatic heterocycles. The Labute approximate surface area is 122 Å². The van der Waals surface area contributed by atoms with Crippen molar-refractivity contribution in [2.75, 3.05) is 13.2 Å². The van der Waals surface area contributed by atoms with E-state index in [2.05, 4.69) is 26.0 Å². The standard InChI is InChI=1S/C17H27NO2/c1-13(2)14-5-3-7-16(11-14)20-10-8-15-6-4-9-17(15,19)12-18/h3,5,7,11,13,15,19H,4,6,8-10,12,18H2,1-2H3. The second-order valence-electron chi connectivity index (χ2n) is 6.26. The Hall–Kier alpha value is -1.06. The molecule has 2 atom stereocenters. The molecule has 0 amide bonds. The summed E-state index contributed by atoms with van der Waals surface area (Å²) in [7, 11) is 0. The zero-order chi connectivity index (χ0) is 14.6. The Morgan fingerprint density at radius 3 is 2.95 bits per heavy atom. The normalized spacial score (nSPS) is 26.1. The molecule has 0 aliphatic heterocycles. The molecule has 20 heavy (non-hydrogen) atoms. The molecule has 2 unspecified atom stereocenters. The van der Waals surface area contributed by atoms with Gasteiger partial charge in [0.05, 0.1) is 12.2 Å². The van der Waals surface area contributed by atoms with Gasteiger partial charge in [0.2, 0.25) is 0 Å². The highest BCUT2D eigenvalue weighted by Gasteiger charge is 2.39. The van der Waals surface area contributed by atoms with Gasteiger partial charge in [-0.05, 0) is 48.8 Å². The van der Waals surface area contributed by atoms with Crippen molar-refractivity contribution < 1.29 is 9.84 Å². The second-order valence-corrected chi connectivity index (χ2v) is 6.26. The third-order valence-corrected chi connectivity index (χ3v) is 4.54. The summed E-state index contributed by atoms with van der Waals surface area (Å²) in [6.07, 6.45) is 3.83. The lowest BCUT2D eigenvalue weighted by atomic mass is 9.88. The number of aliphatic hydroxyl groups is 1. The summed E-state index contributed by atoms with van der Waals surface area (Å²) in [5.41, 5.74) is 6.33. The Morgan fingerprint density at radius 2 is 2.25 bits per heavy atom. The number of hydrogen-bond acceptors (Lipinski definition) is 3. The van der Waals surface area contributed by atoms with Crippen LogP contribution in [0.5, 0.6) is 5.75 Å². The van der Waals surface area contributed by atoms with E-state index in [1.807, 2.05) is 12.1 Å². The lowest BCUT2D eigenvalue weighted by Gasteiger charge is -2.28.